The van der Waals surface area contributed by atoms with Crippen LogP contribution in [0, 0.1) is 5.82 Å². The third-order valence-corrected chi connectivity index (χ3v) is 3.29. The Balaban J connectivity index is 2.19. The molecule has 6 heteroatoms. The average Bonchev–Trinajstić information content (AvgIpc) is 2.42. The highest BCUT2D eigenvalue weighted by atomic mass is 79.9. The molecule has 2 aromatic carbocycles. The van der Waals surface area contributed by atoms with Crippen molar-refractivity contribution in [2.75, 3.05) is 18.2 Å². The molecular weight excluding hydrogens is 327 g/mol. The van der Waals surface area contributed by atoms with Crippen LogP contribution in [0.15, 0.2) is 40.9 Å². The predicted octanol–water partition coefficient (Wildman–Crippen LogP) is 3.43. The van der Waals surface area contributed by atoms with Crippen LogP contribution >= 0.6 is 15.9 Å². The SMILES string of the molecule is COc1ccc(NC(=O)c2ccc(F)c(N)c2)cc1Br. The second kappa shape index (κ2) is 5.92. The monoisotopic (exact) mass is 338 g/mol. The summed E-state index contributed by atoms with van der Waals surface area (Å²) in [7, 11) is 1.56. The summed E-state index contributed by atoms with van der Waals surface area (Å²) < 4.78 is 18.9. The lowest BCUT2D eigenvalue weighted by Crippen LogP contribution is -2.12. The number of rotatable bonds is 3. The highest BCUT2D eigenvalue weighted by molar-refractivity contribution is 9.10. The van der Waals surface area contributed by atoms with Gasteiger partial charge in [0.2, 0.25) is 0 Å². The molecule has 0 unspecified atom stereocenters. The molecule has 0 aliphatic carbocycles. The first kappa shape index (κ1) is 14.3. The molecule has 104 valence electrons. The first-order chi connectivity index (χ1) is 9.51. The summed E-state index contributed by atoms with van der Waals surface area (Å²) in [5, 5.41) is 2.69. The zero-order valence-corrected chi connectivity index (χ0v) is 12.2. The summed E-state index contributed by atoms with van der Waals surface area (Å²) in [6.07, 6.45) is 0. The van der Waals surface area contributed by atoms with Gasteiger partial charge in [-0.1, -0.05) is 0 Å². The summed E-state index contributed by atoms with van der Waals surface area (Å²) in [5.74, 6) is -0.253. The fourth-order valence-electron chi connectivity index (χ4n) is 1.63. The average molecular weight is 339 g/mol. The van der Waals surface area contributed by atoms with Gasteiger partial charge in [-0.25, -0.2) is 4.39 Å². The van der Waals surface area contributed by atoms with E-state index in [2.05, 4.69) is 21.2 Å². The molecule has 1 amide bonds. The van der Waals surface area contributed by atoms with E-state index in [9.17, 15) is 9.18 Å². The van der Waals surface area contributed by atoms with E-state index in [1.165, 1.54) is 12.1 Å². The van der Waals surface area contributed by atoms with Gasteiger partial charge in [0.15, 0.2) is 0 Å². The van der Waals surface area contributed by atoms with Gasteiger partial charge < -0.3 is 15.8 Å². The van der Waals surface area contributed by atoms with Gasteiger partial charge >= 0.3 is 0 Å². The number of hydrogen-bond donors (Lipinski definition) is 2. The maximum Gasteiger partial charge on any atom is 0.255 e. The summed E-state index contributed by atoms with van der Waals surface area (Å²) in [5.41, 5.74) is 6.25. The predicted molar refractivity (Wildman–Crippen MR) is 79.5 cm³/mol. The third kappa shape index (κ3) is 3.08. The Kier molecular flexibility index (Phi) is 4.24. The largest absolute Gasteiger partial charge is 0.496 e. The number of methoxy groups -OCH3 is 1. The van der Waals surface area contributed by atoms with Crippen LogP contribution in [-0.2, 0) is 0 Å². The molecule has 0 spiro atoms. The number of halogens is 2. The molecule has 0 bridgehead atoms. The van der Waals surface area contributed by atoms with Crippen LogP contribution in [0.5, 0.6) is 5.75 Å². The molecule has 2 aromatic rings. The van der Waals surface area contributed by atoms with Crippen molar-refractivity contribution in [3.05, 3.63) is 52.3 Å². The number of hydrogen-bond acceptors (Lipinski definition) is 3. The Bertz CT molecular complexity index is 662. The van der Waals surface area contributed by atoms with E-state index >= 15 is 0 Å². The van der Waals surface area contributed by atoms with Gasteiger partial charge in [-0.3, -0.25) is 4.79 Å². The van der Waals surface area contributed by atoms with Crippen molar-refractivity contribution in [2.24, 2.45) is 0 Å². The summed E-state index contributed by atoms with van der Waals surface area (Å²) >= 11 is 3.33. The second-order valence-electron chi connectivity index (χ2n) is 4.04. The maximum absolute atomic E-state index is 13.0. The first-order valence-corrected chi connectivity index (χ1v) is 6.50. The van der Waals surface area contributed by atoms with Gasteiger partial charge in [-0.15, -0.1) is 0 Å². The molecule has 0 aliphatic rings. The van der Waals surface area contributed by atoms with Crippen LogP contribution in [0.1, 0.15) is 10.4 Å². The second-order valence-corrected chi connectivity index (χ2v) is 4.89. The smallest absolute Gasteiger partial charge is 0.255 e. The lowest BCUT2D eigenvalue weighted by molar-refractivity contribution is 0.102. The summed E-state index contributed by atoms with van der Waals surface area (Å²) in [6, 6.07) is 8.97. The minimum absolute atomic E-state index is 0.0615. The molecular formula is C14H12BrFN2O2. The van der Waals surface area contributed by atoms with Crippen LogP contribution in [0.2, 0.25) is 0 Å². The van der Waals surface area contributed by atoms with Crippen molar-refractivity contribution < 1.29 is 13.9 Å². The zero-order chi connectivity index (χ0) is 14.7. The van der Waals surface area contributed by atoms with E-state index < -0.39 is 5.82 Å². The van der Waals surface area contributed by atoms with E-state index in [1.807, 2.05) is 0 Å². The van der Waals surface area contributed by atoms with Crippen molar-refractivity contribution in [1.82, 2.24) is 0 Å². The number of nitrogen functional groups attached to an aromatic ring is 1. The Morgan fingerprint density at radius 2 is 2.05 bits per heavy atom. The fraction of sp³-hybridized carbons (Fsp3) is 0.0714. The Morgan fingerprint density at radius 1 is 1.30 bits per heavy atom. The molecule has 4 nitrogen and oxygen atoms in total. The number of amides is 1. The molecule has 0 saturated heterocycles. The molecule has 0 atom stereocenters. The number of benzene rings is 2. The fourth-order valence-corrected chi connectivity index (χ4v) is 2.17. The van der Waals surface area contributed by atoms with Crippen LogP contribution in [-0.4, -0.2) is 13.0 Å². The van der Waals surface area contributed by atoms with E-state index in [0.29, 0.717) is 11.4 Å². The molecule has 0 aliphatic heterocycles. The number of anilines is 2. The number of nitrogens with two attached hydrogens (primary N) is 1. The topological polar surface area (TPSA) is 64.3 Å². The third-order valence-electron chi connectivity index (χ3n) is 2.67. The standard InChI is InChI=1S/C14H12BrFN2O2/c1-20-13-5-3-9(7-10(13)15)18-14(19)8-2-4-11(16)12(17)6-8/h2-7H,17H2,1H3,(H,18,19). The van der Waals surface area contributed by atoms with Crippen molar-refractivity contribution in [3.63, 3.8) is 0 Å². The Hall–Kier alpha value is -2.08. The van der Waals surface area contributed by atoms with Crippen LogP contribution in [0.4, 0.5) is 15.8 Å². The Morgan fingerprint density at radius 3 is 2.65 bits per heavy atom. The minimum Gasteiger partial charge on any atom is -0.496 e. The van der Waals surface area contributed by atoms with Crippen molar-refractivity contribution in [2.45, 2.75) is 0 Å². The highest BCUT2D eigenvalue weighted by Crippen LogP contribution is 2.28. The van der Waals surface area contributed by atoms with Crippen LogP contribution in [0.25, 0.3) is 0 Å². The van der Waals surface area contributed by atoms with Gasteiger partial charge in [0.25, 0.3) is 5.91 Å². The van der Waals surface area contributed by atoms with Gasteiger partial charge in [0.1, 0.15) is 11.6 Å². The molecule has 0 fully saturated rings. The molecule has 0 saturated carbocycles. The van der Waals surface area contributed by atoms with Crippen LogP contribution in [0.3, 0.4) is 0 Å². The van der Waals surface area contributed by atoms with Crippen molar-refractivity contribution in [3.8, 4) is 5.75 Å². The van der Waals surface area contributed by atoms with Crippen molar-refractivity contribution >= 4 is 33.2 Å². The summed E-state index contributed by atoms with van der Waals surface area (Å²) in [6.45, 7) is 0. The normalized spacial score (nSPS) is 10.2. The van der Waals surface area contributed by atoms with Gasteiger partial charge in [0.05, 0.1) is 17.3 Å². The lowest BCUT2D eigenvalue weighted by Gasteiger charge is -2.08. The van der Waals surface area contributed by atoms with Gasteiger partial charge in [0, 0.05) is 11.3 Å². The molecule has 0 heterocycles. The molecule has 3 N–H and O–H groups in total. The lowest BCUT2D eigenvalue weighted by atomic mass is 10.1. The van der Waals surface area contributed by atoms with Crippen LogP contribution < -0.4 is 15.8 Å². The zero-order valence-electron chi connectivity index (χ0n) is 10.6. The van der Waals surface area contributed by atoms with Crippen molar-refractivity contribution in [1.29, 1.82) is 0 Å². The highest BCUT2D eigenvalue weighted by Gasteiger charge is 2.09. The molecule has 2 rings (SSSR count). The Labute approximate surface area is 123 Å². The first-order valence-electron chi connectivity index (χ1n) is 5.71. The number of carbonyl (C=O) groups is 1. The molecule has 20 heavy (non-hydrogen) atoms. The van der Waals surface area contributed by atoms with Gasteiger partial charge in [-0.05, 0) is 52.3 Å². The number of ether oxygens (including phenoxy) is 1. The van der Waals surface area contributed by atoms with E-state index in [1.54, 1.807) is 25.3 Å². The number of carbonyl (C=O) groups excluding carboxylic acids is 1. The van der Waals surface area contributed by atoms with Gasteiger partial charge in [-0.2, -0.15) is 0 Å². The number of nitrogens with one attached hydrogen (secondary N) is 1. The molecule has 0 radical (unpaired) electrons. The summed E-state index contributed by atoms with van der Waals surface area (Å²) in [4.78, 5) is 12.0. The quantitative estimate of drug-likeness (QED) is 0.842. The molecule has 0 aromatic heterocycles. The van der Waals surface area contributed by atoms with E-state index in [4.69, 9.17) is 10.5 Å². The van der Waals surface area contributed by atoms with E-state index in [-0.39, 0.29) is 17.2 Å². The minimum atomic E-state index is -0.547. The van der Waals surface area contributed by atoms with E-state index in [0.717, 1.165) is 10.5 Å². The maximum atomic E-state index is 13.0.